The Bertz CT molecular complexity index is 569. The van der Waals surface area contributed by atoms with Crippen LogP contribution < -0.4 is 14.8 Å². The van der Waals surface area contributed by atoms with E-state index in [1.54, 1.807) is 12.1 Å². The van der Waals surface area contributed by atoms with Crippen LogP contribution in [-0.4, -0.2) is 13.7 Å². The van der Waals surface area contributed by atoms with E-state index < -0.39 is 6.61 Å². The van der Waals surface area contributed by atoms with E-state index in [9.17, 15) is 8.78 Å². The van der Waals surface area contributed by atoms with Gasteiger partial charge in [-0.25, -0.2) is 0 Å². The first-order valence-corrected chi connectivity index (χ1v) is 6.00. The third-order valence-electron chi connectivity index (χ3n) is 2.64. The van der Waals surface area contributed by atoms with E-state index in [0.29, 0.717) is 12.2 Å². The summed E-state index contributed by atoms with van der Waals surface area (Å²) in [6.45, 7) is -0.591. The Morgan fingerprint density at radius 1 is 1.20 bits per heavy atom. The Labute approximate surface area is 115 Å². The Morgan fingerprint density at radius 3 is 2.60 bits per heavy atom. The van der Waals surface area contributed by atoms with Crippen molar-refractivity contribution in [3.8, 4) is 11.5 Å². The van der Waals surface area contributed by atoms with E-state index in [1.165, 1.54) is 13.2 Å². The Kier molecular flexibility index (Phi) is 4.45. The van der Waals surface area contributed by atoms with Crippen LogP contribution in [0.5, 0.6) is 11.5 Å². The molecule has 2 aromatic rings. The van der Waals surface area contributed by atoms with Gasteiger partial charge in [0.1, 0.15) is 11.5 Å². The van der Waals surface area contributed by atoms with Crippen molar-refractivity contribution >= 4 is 5.69 Å². The zero-order valence-electron chi connectivity index (χ0n) is 11.2. The van der Waals surface area contributed by atoms with Gasteiger partial charge in [0.15, 0.2) is 11.5 Å². The number of rotatable bonds is 6. The van der Waals surface area contributed by atoms with Crippen LogP contribution in [0.3, 0.4) is 0 Å². The van der Waals surface area contributed by atoms with Crippen LogP contribution in [0, 0.1) is 6.92 Å². The lowest BCUT2D eigenvalue weighted by Crippen LogP contribution is -2.05. The Balaban J connectivity index is 2.07. The lowest BCUT2D eigenvalue weighted by atomic mass is 10.2. The predicted molar refractivity (Wildman–Crippen MR) is 70.4 cm³/mol. The van der Waals surface area contributed by atoms with Crippen molar-refractivity contribution < 1.29 is 22.7 Å². The third-order valence-corrected chi connectivity index (χ3v) is 2.64. The van der Waals surface area contributed by atoms with Gasteiger partial charge in [0, 0.05) is 11.8 Å². The standard InChI is InChI=1S/C14H15F2NO3/c1-9-3-5-11(19-9)8-17-10-4-6-12(18-2)13(7-10)20-14(15)16/h3-7,14,17H,8H2,1-2H3. The maximum absolute atomic E-state index is 12.3. The quantitative estimate of drug-likeness (QED) is 0.875. The van der Waals surface area contributed by atoms with E-state index in [1.807, 2.05) is 19.1 Å². The monoisotopic (exact) mass is 283 g/mol. The topological polar surface area (TPSA) is 43.6 Å². The highest BCUT2D eigenvalue weighted by Gasteiger charge is 2.11. The number of alkyl halides is 2. The van der Waals surface area contributed by atoms with Gasteiger partial charge in [-0.1, -0.05) is 0 Å². The minimum Gasteiger partial charge on any atom is -0.493 e. The fraction of sp³-hybridized carbons (Fsp3) is 0.286. The maximum atomic E-state index is 12.3. The molecule has 0 spiro atoms. The molecule has 1 heterocycles. The van der Waals surface area contributed by atoms with E-state index in [2.05, 4.69) is 10.1 Å². The molecule has 0 aliphatic carbocycles. The smallest absolute Gasteiger partial charge is 0.387 e. The van der Waals surface area contributed by atoms with E-state index in [-0.39, 0.29) is 11.5 Å². The molecular weight excluding hydrogens is 268 g/mol. The minimum absolute atomic E-state index is 0.0110. The van der Waals surface area contributed by atoms with Crippen molar-refractivity contribution in [2.24, 2.45) is 0 Å². The van der Waals surface area contributed by atoms with Gasteiger partial charge in [-0.2, -0.15) is 8.78 Å². The fourth-order valence-electron chi connectivity index (χ4n) is 1.74. The van der Waals surface area contributed by atoms with Gasteiger partial charge >= 0.3 is 6.61 Å². The molecule has 2 rings (SSSR count). The van der Waals surface area contributed by atoms with E-state index in [4.69, 9.17) is 9.15 Å². The number of hydrogen-bond donors (Lipinski definition) is 1. The molecule has 0 fully saturated rings. The van der Waals surface area contributed by atoms with Gasteiger partial charge in [-0.3, -0.25) is 0 Å². The summed E-state index contributed by atoms with van der Waals surface area (Å²) in [5.41, 5.74) is 0.635. The highest BCUT2D eigenvalue weighted by atomic mass is 19.3. The number of nitrogens with one attached hydrogen (secondary N) is 1. The molecule has 6 heteroatoms. The second-order valence-corrected chi connectivity index (χ2v) is 4.11. The Hall–Kier alpha value is -2.24. The molecule has 0 unspecified atom stereocenters. The van der Waals surface area contributed by atoms with Crippen molar-refractivity contribution in [2.45, 2.75) is 20.1 Å². The van der Waals surface area contributed by atoms with Crippen LogP contribution in [0.4, 0.5) is 14.5 Å². The first-order valence-electron chi connectivity index (χ1n) is 6.00. The number of hydrogen-bond acceptors (Lipinski definition) is 4. The van der Waals surface area contributed by atoms with Crippen molar-refractivity contribution in [3.05, 3.63) is 41.9 Å². The average Bonchev–Trinajstić information content (AvgIpc) is 2.82. The van der Waals surface area contributed by atoms with Gasteiger partial charge < -0.3 is 19.2 Å². The Morgan fingerprint density at radius 2 is 2.00 bits per heavy atom. The predicted octanol–water partition coefficient (Wildman–Crippen LogP) is 3.81. The molecule has 0 radical (unpaired) electrons. The van der Waals surface area contributed by atoms with Crippen molar-refractivity contribution in [3.63, 3.8) is 0 Å². The van der Waals surface area contributed by atoms with Crippen LogP contribution in [0.2, 0.25) is 0 Å². The molecule has 0 amide bonds. The van der Waals surface area contributed by atoms with Gasteiger partial charge in [0.2, 0.25) is 0 Å². The third kappa shape index (κ3) is 3.63. The molecule has 0 saturated heterocycles. The average molecular weight is 283 g/mol. The van der Waals surface area contributed by atoms with Crippen LogP contribution >= 0.6 is 0 Å². The number of benzene rings is 1. The zero-order chi connectivity index (χ0) is 14.5. The normalized spacial score (nSPS) is 10.7. The van der Waals surface area contributed by atoms with Gasteiger partial charge in [0.05, 0.1) is 13.7 Å². The molecule has 108 valence electrons. The van der Waals surface area contributed by atoms with Gasteiger partial charge in [-0.15, -0.1) is 0 Å². The molecular formula is C14H15F2NO3. The number of halogens is 2. The molecule has 4 nitrogen and oxygen atoms in total. The van der Waals surface area contributed by atoms with Crippen LogP contribution in [0.15, 0.2) is 34.7 Å². The van der Waals surface area contributed by atoms with Gasteiger partial charge in [-0.05, 0) is 31.2 Å². The van der Waals surface area contributed by atoms with E-state index >= 15 is 0 Å². The van der Waals surface area contributed by atoms with Crippen molar-refractivity contribution in [1.82, 2.24) is 0 Å². The van der Waals surface area contributed by atoms with Crippen molar-refractivity contribution in [2.75, 3.05) is 12.4 Å². The number of aryl methyl sites for hydroxylation is 1. The maximum Gasteiger partial charge on any atom is 0.387 e. The van der Waals surface area contributed by atoms with Crippen molar-refractivity contribution in [1.29, 1.82) is 0 Å². The summed E-state index contributed by atoms with van der Waals surface area (Å²) in [5.74, 6) is 1.82. The molecule has 1 aromatic carbocycles. The number of anilines is 1. The first kappa shape index (κ1) is 14.2. The lowest BCUT2D eigenvalue weighted by molar-refractivity contribution is -0.0511. The summed E-state index contributed by atoms with van der Waals surface area (Å²) < 4.78 is 39.4. The molecule has 0 aliphatic rings. The summed E-state index contributed by atoms with van der Waals surface area (Å²) >= 11 is 0. The molecule has 0 aliphatic heterocycles. The SMILES string of the molecule is COc1ccc(NCc2ccc(C)o2)cc1OC(F)F. The van der Waals surface area contributed by atoms with E-state index in [0.717, 1.165) is 11.5 Å². The summed E-state index contributed by atoms with van der Waals surface area (Å²) in [4.78, 5) is 0. The molecule has 0 bridgehead atoms. The second-order valence-electron chi connectivity index (χ2n) is 4.11. The number of ether oxygens (including phenoxy) is 2. The zero-order valence-corrected chi connectivity index (χ0v) is 11.2. The van der Waals surface area contributed by atoms with Crippen LogP contribution in [0.1, 0.15) is 11.5 Å². The summed E-state index contributed by atoms with van der Waals surface area (Å²) in [7, 11) is 1.40. The summed E-state index contributed by atoms with van der Waals surface area (Å²) in [6.07, 6.45) is 0. The highest BCUT2D eigenvalue weighted by Crippen LogP contribution is 2.31. The second kappa shape index (κ2) is 6.27. The summed E-state index contributed by atoms with van der Waals surface area (Å²) in [5, 5.41) is 3.07. The first-order chi connectivity index (χ1) is 9.58. The highest BCUT2D eigenvalue weighted by molar-refractivity contribution is 5.54. The largest absolute Gasteiger partial charge is 0.493 e. The minimum atomic E-state index is -2.90. The molecule has 0 atom stereocenters. The molecule has 20 heavy (non-hydrogen) atoms. The molecule has 0 saturated carbocycles. The lowest BCUT2D eigenvalue weighted by Gasteiger charge is -2.12. The van der Waals surface area contributed by atoms with Crippen LogP contribution in [0.25, 0.3) is 0 Å². The van der Waals surface area contributed by atoms with Gasteiger partial charge in [0.25, 0.3) is 0 Å². The number of furan rings is 1. The summed E-state index contributed by atoms with van der Waals surface area (Å²) in [6, 6.07) is 8.44. The molecule has 1 aromatic heterocycles. The fourth-order valence-corrected chi connectivity index (χ4v) is 1.74. The molecule has 1 N–H and O–H groups in total. The van der Waals surface area contributed by atoms with Crippen LogP contribution in [-0.2, 0) is 6.54 Å². The number of methoxy groups -OCH3 is 1.